The number of hydrogen-bond donors (Lipinski definition) is 1. The summed E-state index contributed by atoms with van der Waals surface area (Å²) < 4.78 is 45.6. The Morgan fingerprint density at radius 3 is 2.46 bits per heavy atom. The number of alkyl halides is 3. The van der Waals surface area contributed by atoms with Crippen LogP contribution in [0.5, 0.6) is 11.5 Å². The van der Waals surface area contributed by atoms with Gasteiger partial charge in [0, 0.05) is 5.02 Å². The van der Waals surface area contributed by atoms with Crippen LogP contribution in [0.1, 0.15) is 5.56 Å². The quantitative estimate of drug-likeness (QED) is 0.624. The number of phenols is 1. The summed E-state index contributed by atoms with van der Waals surface area (Å²) in [5.41, 5.74) is -1.61. The summed E-state index contributed by atoms with van der Waals surface area (Å²) in [7, 11) is 1.30. The van der Waals surface area contributed by atoms with Gasteiger partial charge in [-0.1, -0.05) is 11.6 Å². The number of hydrogen-bond acceptors (Lipinski definition) is 4. The van der Waals surface area contributed by atoms with E-state index in [9.17, 15) is 23.1 Å². The maximum absolute atomic E-state index is 13.5. The lowest BCUT2D eigenvalue weighted by atomic mass is 10.1. The molecule has 2 aromatic carbocycles. The monoisotopic (exact) mass is 474 g/mol. The number of ether oxygens (including phenoxy) is 1. The molecular formula is C18H11BrClF3N2O3. The van der Waals surface area contributed by atoms with E-state index >= 15 is 0 Å². The SMILES string of the molecule is COc1cc(/C=C2\C(=O)N(c3ccc(Cl)cc3)N=C2C(F)(F)F)cc(Br)c1O. The molecule has 28 heavy (non-hydrogen) atoms. The van der Waals surface area contributed by atoms with Gasteiger partial charge < -0.3 is 9.84 Å². The summed E-state index contributed by atoms with van der Waals surface area (Å²) in [6.45, 7) is 0. The molecule has 0 spiro atoms. The molecule has 3 rings (SSSR count). The maximum atomic E-state index is 13.5. The Kier molecular flexibility index (Phi) is 5.40. The molecular weight excluding hydrogens is 465 g/mol. The Morgan fingerprint density at radius 1 is 1.25 bits per heavy atom. The number of methoxy groups -OCH3 is 1. The number of carbonyl (C=O) groups is 1. The molecule has 1 heterocycles. The van der Waals surface area contributed by atoms with Crippen LogP contribution in [0, 0.1) is 0 Å². The summed E-state index contributed by atoms with van der Waals surface area (Å²) >= 11 is 8.87. The third-order valence-corrected chi connectivity index (χ3v) is 4.66. The van der Waals surface area contributed by atoms with Gasteiger partial charge in [-0.25, -0.2) is 0 Å². The number of benzene rings is 2. The molecule has 1 aliphatic heterocycles. The van der Waals surface area contributed by atoms with Crippen LogP contribution in [0.3, 0.4) is 0 Å². The van der Waals surface area contributed by atoms with E-state index in [0.717, 1.165) is 6.08 Å². The lowest BCUT2D eigenvalue weighted by molar-refractivity contribution is -0.114. The van der Waals surface area contributed by atoms with Crippen LogP contribution < -0.4 is 9.75 Å². The van der Waals surface area contributed by atoms with Crippen molar-refractivity contribution in [2.45, 2.75) is 6.18 Å². The van der Waals surface area contributed by atoms with Gasteiger partial charge in [-0.15, -0.1) is 0 Å². The van der Waals surface area contributed by atoms with Gasteiger partial charge in [-0.05, 0) is 64.0 Å². The number of hydrazone groups is 1. The normalized spacial score (nSPS) is 15.9. The standard InChI is InChI=1S/C18H11BrClF3N2O3/c1-28-14-8-9(7-13(19)15(14)26)6-12-16(18(21,22)23)24-25(17(12)27)11-4-2-10(20)3-5-11/h2-8,26H,1H3/b12-6-. The molecule has 0 saturated heterocycles. The van der Waals surface area contributed by atoms with Gasteiger partial charge >= 0.3 is 6.18 Å². The largest absolute Gasteiger partial charge is 0.503 e. The molecule has 0 aromatic heterocycles. The van der Waals surface area contributed by atoms with Crippen LogP contribution in [-0.4, -0.2) is 30.0 Å². The van der Waals surface area contributed by atoms with Crippen molar-refractivity contribution < 1.29 is 27.8 Å². The van der Waals surface area contributed by atoms with E-state index in [2.05, 4.69) is 21.0 Å². The fraction of sp³-hybridized carbons (Fsp3) is 0.111. The molecule has 5 nitrogen and oxygen atoms in total. The summed E-state index contributed by atoms with van der Waals surface area (Å²) in [4.78, 5) is 12.7. The maximum Gasteiger partial charge on any atom is 0.435 e. The number of anilines is 1. The smallest absolute Gasteiger partial charge is 0.435 e. The van der Waals surface area contributed by atoms with E-state index < -0.39 is 23.4 Å². The molecule has 2 aromatic rings. The fourth-order valence-electron chi connectivity index (χ4n) is 2.51. The Balaban J connectivity index is 2.10. The van der Waals surface area contributed by atoms with Crippen molar-refractivity contribution in [3.8, 4) is 11.5 Å². The molecule has 0 unspecified atom stereocenters. The number of nitrogens with zero attached hydrogens (tertiary/aromatic N) is 2. The molecule has 1 aliphatic rings. The molecule has 0 atom stereocenters. The van der Waals surface area contributed by atoms with Gasteiger partial charge in [0.25, 0.3) is 5.91 Å². The van der Waals surface area contributed by atoms with Crippen LogP contribution in [0.4, 0.5) is 18.9 Å². The van der Waals surface area contributed by atoms with Gasteiger partial charge in [0.1, 0.15) is 0 Å². The summed E-state index contributed by atoms with van der Waals surface area (Å²) in [6.07, 6.45) is -3.81. The zero-order valence-electron chi connectivity index (χ0n) is 14.1. The second-order valence-electron chi connectivity index (χ2n) is 5.65. The number of rotatable bonds is 3. The van der Waals surface area contributed by atoms with E-state index in [1.165, 1.54) is 43.5 Å². The van der Waals surface area contributed by atoms with E-state index in [1.807, 2.05) is 0 Å². The third kappa shape index (κ3) is 3.85. The second kappa shape index (κ2) is 7.48. The Morgan fingerprint density at radius 2 is 1.89 bits per heavy atom. The average molecular weight is 476 g/mol. The highest BCUT2D eigenvalue weighted by Crippen LogP contribution is 2.37. The predicted octanol–water partition coefficient (Wildman–Crippen LogP) is 5.17. The summed E-state index contributed by atoms with van der Waals surface area (Å²) in [5.74, 6) is -1.13. The topological polar surface area (TPSA) is 62.1 Å². The molecule has 0 radical (unpaired) electrons. The first-order valence-corrected chi connectivity index (χ1v) is 8.83. The van der Waals surface area contributed by atoms with E-state index in [1.54, 1.807) is 0 Å². The van der Waals surface area contributed by atoms with Gasteiger partial charge in [0.2, 0.25) is 0 Å². The number of aromatic hydroxyl groups is 1. The van der Waals surface area contributed by atoms with Gasteiger partial charge in [0.05, 0.1) is 22.8 Å². The molecule has 1 N–H and O–H groups in total. The Hall–Kier alpha value is -2.52. The molecule has 1 amide bonds. The Bertz CT molecular complexity index is 1000. The zero-order valence-corrected chi connectivity index (χ0v) is 16.4. The molecule has 0 saturated carbocycles. The molecule has 0 aliphatic carbocycles. The van der Waals surface area contributed by atoms with E-state index in [0.29, 0.717) is 10.0 Å². The van der Waals surface area contributed by atoms with Crippen molar-refractivity contribution in [1.82, 2.24) is 0 Å². The first-order chi connectivity index (χ1) is 13.1. The van der Waals surface area contributed by atoms with Crippen molar-refractivity contribution >= 4 is 50.9 Å². The third-order valence-electron chi connectivity index (χ3n) is 3.80. The van der Waals surface area contributed by atoms with Gasteiger partial charge in [0.15, 0.2) is 17.2 Å². The minimum absolute atomic E-state index is 0.0340. The Labute approximate surface area is 170 Å². The minimum atomic E-state index is -4.85. The highest BCUT2D eigenvalue weighted by Gasteiger charge is 2.46. The number of halogens is 5. The van der Waals surface area contributed by atoms with Gasteiger partial charge in [-0.3, -0.25) is 4.79 Å². The van der Waals surface area contributed by atoms with E-state index in [4.69, 9.17) is 16.3 Å². The summed E-state index contributed by atoms with van der Waals surface area (Å²) in [6, 6.07) is 8.32. The highest BCUT2D eigenvalue weighted by atomic mass is 79.9. The van der Waals surface area contributed by atoms with E-state index in [-0.39, 0.29) is 27.2 Å². The van der Waals surface area contributed by atoms with Crippen LogP contribution in [0.2, 0.25) is 5.02 Å². The number of carbonyl (C=O) groups excluding carboxylic acids is 1. The van der Waals surface area contributed by atoms with Crippen molar-refractivity contribution in [3.05, 3.63) is 57.0 Å². The average Bonchev–Trinajstić information content (AvgIpc) is 2.95. The highest BCUT2D eigenvalue weighted by molar-refractivity contribution is 9.10. The minimum Gasteiger partial charge on any atom is -0.503 e. The molecule has 0 bridgehead atoms. The number of amides is 1. The van der Waals surface area contributed by atoms with Crippen LogP contribution in [-0.2, 0) is 4.79 Å². The lowest BCUT2D eigenvalue weighted by Crippen LogP contribution is -2.25. The van der Waals surface area contributed by atoms with Crippen molar-refractivity contribution in [2.75, 3.05) is 12.1 Å². The van der Waals surface area contributed by atoms with Crippen molar-refractivity contribution in [1.29, 1.82) is 0 Å². The lowest BCUT2D eigenvalue weighted by Gasteiger charge is -2.11. The molecule has 146 valence electrons. The van der Waals surface area contributed by atoms with Gasteiger partial charge in [-0.2, -0.15) is 23.3 Å². The van der Waals surface area contributed by atoms with Crippen molar-refractivity contribution in [2.24, 2.45) is 5.10 Å². The first-order valence-electron chi connectivity index (χ1n) is 7.66. The first kappa shape index (κ1) is 20.2. The van der Waals surface area contributed by atoms with Crippen LogP contribution in [0.25, 0.3) is 6.08 Å². The predicted molar refractivity (Wildman–Crippen MR) is 103 cm³/mol. The fourth-order valence-corrected chi connectivity index (χ4v) is 3.10. The zero-order chi connectivity index (χ0) is 20.6. The number of phenolic OH excluding ortho intramolecular Hbond substituents is 1. The van der Waals surface area contributed by atoms with Crippen molar-refractivity contribution in [3.63, 3.8) is 0 Å². The molecule has 10 heteroatoms. The van der Waals surface area contributed by atoms with Crippen LogP contribution >= 0.6 is 27.5 Å². The molecule has 0 fully saturated rings. The summed E-state index contributed by atoms with van der Waals surface area (Å²) in [5, 5.41) is 14.4. The van der Waals surface area contributed by atoms with Crippen LogP contribution in [0.15, 0.2) is 51.5 Å². The second-order valence-corrected chi connectivity index (χ2v) is 6.94.